The topological polar surface area (TPSA) is 67.6 Å². The molecule has 0 aliphatic carbocycles. The minimum atomic E-state index is -0.307. The van der Waals surface area contributed by atoms with Crippen LogP contribution in [0.15, 0.2) is 39.5 Å². The molecule has 0 atom stereocenters. The van der Waals surface area contributed by atoms with Crippen LogP contribution in [0.5, 0.6) is 0 Å². The molecular formula is C11H6BrFN4O. The smallest absolute Gasteiger partial charge is 0.277 e. The van der Waals surface area contributed by atoms with Gasteiger partial charge in [0.2, 0.25) is 5.82 Å². The average Bonchev–Trinajstić information content (AvgIpc) is 2.98. The van der Waals surface area contributed by atoms with Crippen molar-refractivity contribution in [3.8, 4) is 23.0 Å². The van der Waals surface area contributed by atoms with Crippen molar-refractivity contribution in [3.63, 3.8) is 0 Å². The number of H-pyrrole nitrogens is 1. The van der Waals surface area contributed by atoms with Crippen LogP contribution in [0.4, 0.5) is 4.39 Å². The number of nitrogens with zero attached hydrogens (tertiary/aromatic N) is 3. The molecule has 0 radical (unpaired) electrons. The number of rotatable bonds is 2. The van der Waals surface area contributed by atoms with Crippen LogP contribution in [0.25, 0.3) is 23.0 Å². The third kappa shape index (κ3) is 1.92. The Balaban J connectivity index is 1.99. The van der Waals surface area contributed by atoms with Gasteiger partial charge in [-0.05, 0) is 40.2 Å². The minimum absolute atomic E-state index is 0.307. The predicted molar refractivity (Wildman–Crippen MR) is 65.0 cm³/mol. The monoisotopic (exact) mass is 308 g/mol. The van der Waals surface area contributed by atoms with Crippen LogP contribution < -0.4 is 0 Å². The number of halogens is 2. The Hall–Kier alpha value is -2.02. The summed E-state index contributed by atoms with van der Waals surface area (Å²) in [6.45, 7) is 0. The highest BCUT2D eigenvalue weighted by Crippen LogP contribution is 2.26. The number of hydrogen-bond acceptors (Lipinski definition) is 4. The van der Waals surface area contributed by atoms with Gasteiger partial charge in [0.25, 0.3) is 5.89 Å². The first-order valence-electron chi connectivity index (χ1n) is 5.03. The quantitative estimate of drug-likeness (QED) is 0.790. The van der Waals surface area contributed by atoms with Gasteiger partial charge in [0.1, 0.15) is 11.5 Å². The second-order valence-corrected chi connectivity index (χ2v) is 4.38. The lowest BCUT2D eigenvalue weighted by Crippen LogP contribution is -1.82. The molecule has 0 amide bonds. The molecule has 0 spiro atoms. The van der Waals surface area contributed by atoms with Crippen molar-refractivity contribution in [2.75, 3.05) is 0 Å². The number of aromatic nitrogens is 4. The second-order valence-electron chi connectivity index (χ2n) is 3.52. The maximum Gasteiger partial charge on any atom is 0.277 e. The summed E-state index contributed by atoms with van der Waals surface area (Å²) in [6.07, 6.45) is 1.59. The molecule has 0 fully saturated rings. The molecule has 3 rings (SSSR count). The number of benzene rings is 1. The van der Waals surface area contributed by atoms with Crippen molar-refractivity contribution in [1.82, 2.24) is 20.3 Å². The van der Waals surface area contributed by atoms with E-state index >= 15 is 0 Å². The third-order valence-corrected chi connectivity index (χ3v) is 2.94. The van der Waals surface area contributed by atoms with Crippen LogP contribution in [0.1, 0.15) is 0 Å². The molecule has 0 unspecified atom stereocenters. The largest absolute Gasteiger partial charge is 0.332 e. The van der Waals surface area contributed by atoms with Gasteiger partial charge in [0.15, 0.2) is 0 Å². The van der Waals surface area contributed by atoms with Gasteiger partial charge in [-0.15, -0.1) is 0 Å². The summed E-state index contributed by atoms with van der Waals surface area (Å²) in [6, 6.07) is 5.87. The van der Waals surface area contributed by atoms with E-state index < -0.39 is 0 Å². The highest BCUT2D eigenvalue weighted by atomic mass is 79.9. The fourth-order valence-corrected chi connectivity index (χ4v) is 1.82. The Kier molecular flexibility index (Phi) is 2.67. The van der Waals surface area contributed by atoms with Crippen molar-refractivity contribution in [1.29, 1.82) is 0 Å². The van der Waals surface area contributed by atoms with Crippen molar-refractivity contribution in [3.05, 3.63) is 40.8 Å². The van der Waals surface area contributed by atoms with Crippen LogP contribution in [-0.4, -0.2) is 20.3 Å². The van der Waals surface area contributed by atoms with Crippen LogP contribution in [-0.2, 0) is 0 Å². The standard InChI is InChI=1S/C11H6BrFN4O/c12-8-5-14-16-9(8)11-15-10(17-18-11)6-1-3-7(13)4-2-6/h1-5H,(H,14,16). The Morgan fingerprint density at radius 3 is 2.67 bits per heavy atom. The van der Waals surface area contributed by atoms with Gasteiger partial charge in [0.05, 0.1) is 10.7 Å². The lowest BCUT2D eigenvalue weighted by molar-refractivity contribution is 0.430. The molecule has 2 heterocycles. The number of aromatic amines is 1. The molecule has 0 aliphatic rings. The maximum atomic E-state index is 12.8. The Morgan fingerprint density at radius 1 is 1.22 bits per heavy atom. The van der Waals surface area contributed by atoms with E-state index in [9.17, 15) is 4.39 Å². The highest BCUT2D eigenvalue weighted by Gasteiger charge is 2.14. The van der Waals surface area contributed by atoms with Gasteiger partial charge in [0, 0.05) is 5.56 Å². The molecule has 90 valence electrons. The summed E-state index contributed by atoms with van der Waals surface area (Å²) < 4.78 is 18.7. The Morgan fingerprint density at radius 2 is 2.00 bits per heavy atom. The third-order valence-electron chi connectivity index (χ3n) is 2.34. The zero-order valence-electron chi connectivity index (χ0n) is 8.89. The molecule has 1 aromatic carbocycles. The fraction of sp³-hybridized carbons (Fsp3) is 0. The van der Waals surface area contributed by atoms with Gasteiger partial charge in [-0.25, -0.2) is 4.39 Å². The van der Waals surface area contributed by atoms with E-state index in [4.69, 9.17) is 4.52 Å². The first kappa shape index (κ1) is 11.1. The number of nitrogens with one attached hydrogen (secondary N) is 1. The summed E-state index contributed by atoms with van der Waals surface area (Å²) >= 11 is 3.31. The van der Waals surface area contributed by atoms with E-state index in [2.05, 4.69) is 36.3 Å². The van der Waals surface area contributed by atoms with Gasteiger partial charge < -0.3 is 4.52 Å². The van der Waals surface area contributed by atoms with E-state index in [1.54, 1.807) is 18.3 Å². The zero-order valence-corrected chi connectivity index (χ0v) is 10.5. The van der Waals surface area contributed by atoms with E-state index in [0.29, 0.717) is 23.0 Å². The molecule has 7 heteroatoms. The van der Waals surface area contributed by atoms with Crippen LogP contribution >= 0.6 is 15.9 Å². The van der Waals surface area contributed by atoms with E-state index in [0.717, 1.165) is 4.47 Å². The Bertz CT molecular complexity index is 676. The second kappa shape index (κ2) is 4.34. The fourth-order valence-electron chi connectivity index (χ4n) is 1.46. The van der Waals surface area contributed by atoms with Gasteiger partial charge in [-0.2, -0.15) is 10.1 Å². The minimum Gasteiger partial charge on any atom is -0.332 e. The van der Waals surface area contributed by atoms with Crippen molar-refractivity contribution < 1.29 is 8.91 Å². The molecule has 0 saturated heterocycles. The summed E-state index contributed by atoms with van der Waals surface area (Å²) in [5.74, 6) is 0.406. The zero-order chi connectivity index (χ0) is 12.5. The van der Waals surface area contributed by atoms with Crippen LogP contribution in [0, 0.1) is 5.82 Å². The molecule has 5 nitrogen and oxygen atoms in total. The summed E-state index contributed by atoms with van der Waals surface area (Å²) in [5, 5.41) is 10.4. The van der Waals surface area contributed by atoms with Crippen molar-refractivity contribution >= 4 is 15.9 Å². The molecule has 1 N–H and O–H groups in total. The highest BCUT2D eigenvalue weighted by molar-refractivity contribution is 9.10. The van der Waals surface area contributed by atoms with Crippen LogP contribution in [0.2, 0.25) is 0 Å². The lowest BCUT2D eigenvalue weighted by Gasteiger charge is -1.92. The Labute approximate surface area is 109 Å². The lowest BCUT2D eigenvalue weighted by atomic mass is 10.2. The van der Waals surface area contributed by atoms with Crippen molar-refractivity contribution in [2.45, 2.75) is 0 Å². The van der Waals surface area contributed by atoms with Gasteiger partial charge in [-0.3, -0.25) is 5.10 Å². The average molecular weight is 309 g/mol. The van der Waals surface area contributed by atoms with Gasteiger partial charge >= 0.3 is 0 Å². The maximum absolute atomic E-state index is 12.8. The first-order valence-corrected chi connectivity index (χ1v) is 5.82. The van der Waals surface area contributed by atoms with Crippen molar-refractivity contribution in [2.24, 2.45) is 0 Å². The van der Waals surface area contributed by atoms with Crippen LogP contribution in [0.3, 0.4) is 0 Å². The molecule has 0 aliphatic heterocycles. The van der Waals surface area contributed by atoms with E-state index in [-0.39, 0.29) is 5.82 Å². The van der Waals surface area contributed by atoms with E-state index in [1.807, 2.05) is 0 Å². The molecule has 0 bridgehead atoms. The molecular weight excluding hydrogens is 303 g/mol. The molecule has 18 heavy (non-hydrogen) atoms. The SMILES string of the molecule is Fc1ccc(-c2noc(-c3[nH]ncc3Br)n2)cc1. The van der Waals surface area contributed by atoms with Gasteiger partial charge in [-0.1, -0.05) is 5.16 Å². The molecule has 2 aromatic heterocycles. The summed E-state index contributed by atoms with van der Waals surface area (Å²) in [7, 11) is 0. The summed E-state index contributed by atoms with van der Waals surface area (Å²) in [5.41, 5.74) is 1.29. The first-order chi connectivity index (χ1) is 8.74. The molecule has 0 saturated carbocycles. The predicted octanol–water partition coefficient (Wildman–Crippen LogP) is 3.03. The normalized spacial score (nSPS) is 10.8. The number of hydrogen-bond donors (Lipinski definition) is 1. The molecule has 3 aromatic rings. The summed E-state index contributed by atoms with van der Waals surface area (Å²) in [4.78, 5) is 4.21. The van der Waals surface area contributed by atoms with E-state index in [1.165, 1.54) is 12.1 Å².